The second kappa shape index (κ2) is 5.70. The number of thioether (sulfide) groups is 1. The largest absolute Gasteiger partial charge is 0.317 e. The van der Waals surface area contributed by atoms with Crippen LogP contribution >= 0.6 is 11.8 Å². The molecule has 18 heavy (non-hydrogen) atoms. The molecule has 3 aliphatic rings. The van der Waals surface area contributed by atoms with Gasteiger partial charge in [0.2, 0.25) is 0 Å². The van der Waals surface area contributed by atoms with Crippen LogP contribution < -0.4 is 5.32 Å². The first-order valence-corrected chi connectivity index (χ1v) is 8.69. The summed E-state index contributed by atoms with van der Waals surface area (Å²) in [5.74, 6) is 2.75. The lowest BCUT2D eigenvalue weighted by Crippen LogP contribution is -2.58. The van der Waals surface area contributed by atoms with Crippen molar-refractivity contribution < 1.29 is 0 Å². The van der Waals surface area contributed by atoms with E-state index in [1.165, 1.54) is 69.9 Å². The van der Waals surface area contributed by atoms with E-state index in [0.717, 1.165) is 6.04 Å². The number of nitrogens with one attached hydrogen (secondary N) is 1. The molecule has 3 fully saturated rings. The van der Waals surface area contributed by atoms with Gasteiger partial charge in [0.1, 0.15) is 0 Å². The van der Waals surface area contributed by atoms with Crippen LogP contribution in [0, 0.1) is 0 Å². The first-order chi connectivity index (χ1) is 8.80. The van der Waals surface area contributed by atoms with Crippen molar-refractivity contribution in [2.24, 2.45) is 0 Å². The van der Waals surface area contributed by atoms with E-state index in [-0.39, 0.29) is 0 Å². The summed E-state index contributed by atoms with van der Waals surface area (Å²) in [6, 6.07) is 0.869. The van der Waals surface area contributed by atoms with Crippen LogP contribution in [-0.2, 0) is 0 Å². The molecule has 3 saturated heterocycles. The topological polar surface area (TPSA) is 18.5 Å². The summed E-state index contributed by atoms with van der Waals surface area (Å²) < 4.78 is 0. The highest BCUT2D eigenvalue weighted by molar-refractivity contribution is 7.99. The summed E-state index contributed by atoms with van der Waals surface area (Å²) >= 11 is 2.15. The van der Waals surface area contributed by atoms with Crippen LogP contribution in [-0.4, -0.2) is 72.7 Å². The average Bonchev–Trinajstić information content (AvgIpc) is 2.88. The summed E-state index contributed by atoms with van der Waals surface area (Å²) in [6.07, 6.45) is 5.44. The van der Waals surface area contributed by atoms with Crippen LogP contribution in [0.25, 0.3) is 0 Å². The zero-order valence-corrected chi connectivity index (χ0v) is 12.5. The Bertz CT molecular complexity index is 272. The lowest BCUT2D eigenvalue weighted by molar-refractivity contribution is 0.0559. The smallest absolute Gasteiger partial charge is 0.0357 e. The predicted octanol–water partition coefficient (Wildman–Crippen LogP) is 1.25. The monoisotopic (exact) mass is 269 g/mol. The molecule has 1 N–H and O–H groups in total. The zero-order valence-electron chi connectivity index (χ0n) is 11.7. The average molecular weight is 269 g/mol. The van der Waals surface area contributed by atoms with Gasteiger partial charge < -0.3 is 5.32 Å². The number of hydrogen-bond acceptors (Lipinski definition) is 4. The van der Waals surface area contributed by atoms with Crippen molar-refractivity contribution in [1.82, 2.24) is 15.1 Å². The van der Waals surface area contributed by atoms with E-state index >= 15 is 0 Å². The SMILES string of the molecule is CN1CCCN([C@H]2CCSC2)CC12CCNCC2. The van der Waals surface area contributed by atoms with Crippen molar-refractivity contribution in [3.8, 4) is 0 Å². The molecule has 0 aromatic carbocycles. The Balaban J connectivity index is 1.73. The highest BCUT2D eigenvalue weighted by Crippen LogP contribution is 2.32. The summed E-state index contributed by atoms with van der Waals surface area (Å²) in [7, 11) is 2.36. The first-order valence-electron chi connectivity index (χ1n) is 7.54. The van der Waals surface area contributed by atoms with Gasteiger partial charge in [-0.1, -0.05) is 0 Å². The van der Waals surface area contributed by atoms with E-state index in [9.17, 15) is 0 Å². The minimum atomic E-state index is 0.467. The van der Waals surface area contributed by atoms with Gasteiger partial charge in [0, 0.05) is 23.9 Å². The Morgan fingerprint density at radius 1 is 1.22 bits per heavy atom. The van der Waals surface area contributed by atoms with Gasteiger partial charge in [-0.2, -0.15) is 11.8 Å². The van der Waals surface area contributed by atoms with Crippen LogP contribution in [0.3, 0.4) is 0 Å². The maximum atomic E-state index is 3.53. The van der Waals surface area contributed by atoms with Gasteiger partial charge in [-0.25, -0.2) is 0 Å². The summed E-state index contributed by atoms with van der Waals surface area (Å²) in [5, 5.41) is 3.53. The highest BCUT2D eigenvalue weighted by atomic mass is 32.2. The zero-order chi connectivity index (χ0) is 12.4. The molecule has 104 valence electrons. The molecule has 0 amide bonds. The van der Waals surface area contributed by atoms with Gasteiger partial charge >= 0.3 is 0 Å². The Hall–Kier alpha value is 0.230. The van der Waals surface area contributed by atoms with E-state index in [4.69, 9.17) is 0 Å². The molecule has 3 rings (SSSR count). The van der Waals surface area contributed by atoms with Gasteiger partial charge in [-0.3, -0.25) is 9.80 Å². The third kappa shape index (κ3) is 2.58. The predicted molar refractivity (Wildman–Crippen MR) is 79.4 cm³/mol. The lowest BCUT2D eigenvalue weighted by atomic mass is 9.86. The van der Waals surface area contributed by atoms with Gasteiger partial charge in [-0.15, -0.1) is 0 Å². The van der Waals surface area contributed by atoms with E-state index in [1.807, 2.05) is 0 Å². The highest BCUT2D eigenvalue weighted by Gasteiger charge is 2.40. The fourth-order valence-corrected chi connectivity index (χ4v) is 5.13. The Morgan fingerprint density at radius 3 is 2.78 bits per heavy atom. The van der Waals surface area contributed by atoms with Gasteiger partial charge in [0.25, 0.3) is 0 Å². The molecular weight excluding hydrogens is 242 g/mol. The van der Waals surface area contributed by atoms with Gasteiger partial charge in [-0.05, 0) is 64.7 Å². The second-order valence-corrected chi connectivity index (χ2v) is 7.39. The number of hydrogen-bond donors (Lipinski definition) is 1. The molecular formula is C14H27N3S. The normalized spacial score (nSPS) is 34.8. The molecule has 0 unspecified atom stereocenters. The molecule has 3 nitrogen and oxygen atoms in total. The second-order valence-electron chi connectivity index (χ2n) is 6.24. The minimum absolute atomic E-state index is 0.467. The van der Waals surface area contributed by atoms with E-state index in [0.29, 0.717) is 5.54 Å². The Kier molecular flexibility index (Phi) is 4.18. The fraction of sp³-hybridized carbons (Fsp3) is 1.00. The van der Waals surface area contributed by atoms with Crippen molar-refractivity contribution in [2.75, 3.05) is 51.3 Å². The van der Waals surface area contributed by atoms with E-state index < -0.39 is 0 Å². The number of rotatable bonds is 1. The van der Waals surface area contributed by atoms with Crippen LogP contribution in [0.15, 0.2) is 0 Å². The first kappa shape index (κ1) is 13.2. The quantitative estimate of drug-likeness (QED) is 0.772. The van der Waals surface area contributed by atoms with Crippen molar-refractivity contribution in [2.45, 2.75) is 37.3 Å². The minimum Gasteiger partial charge on any atom is -0.317 e. The van der Waals surface area contributed by atoms with Gasteiger partial charge in [0.05, 0.1) is 0 Å². The number of likely N-dealkylation sites (N-methyl/N-ethyl adjacent to an activating group) is 1. The molecule has 3 aliphatic heterocycles. The maximum Gasteiger partial charge on any atom is 0.0357 e. The lowest BCUT2D eigenvalue weighted by Gasteiger charge is -2.46. The van der Waals surface area contributed by atoms with Crippen LogP contribution in [0.2, 0.25) is 0 Å². The van der Waals surface area contributed by atoms with E-state index in [1.54, 1.807) is 0 Å². The standard InChI is InChI=1S/C14H27N3S/c1-16-8-2-9-17(13-3-10-18-11-13)12-14(16)4-6-15-7-5-14/h13,15H,2-12H2,1H3/t13-/m0/s1. The van der Waals surface area contributed by atoms with E-state index in [2.05, 4.69) is 33.9 Å². The Morgan fingerprint density at radius 2 is 2.06 bits per heavy atom. The molecule has 0 aromatic heterocycles. The van der Waals surface area contributed by atoms with Crippen molar-refractivity contribution in [1.29, 1.82) is 0 Å². The molecule has 0 aromatic rings. The number of piperidine rings is 1. The molecule has 4 heteroatoms. The molecule has 0 radical (unpaired) electrons. The molecule has 1 spiro atoms. The molecule has 3 heterocycles. The summed E-state index contributed by atoms with van der Waals surface area (Å²) in [6.45, 7) is 6.34. The number of nitrogens with zero attached hydrogens (tertiary/aromatic N) is 2. The van der Waals surface area contributed by atoms with Crippen LogP contribution in [0.5, 0.6) is 0 Å². The summed E-state index contributed by atoms with van der Waals surface area (Å²) in [5.41, 5.74) is 0.467. The molecule has 0 bridgehead atoms. The Labute approximate surface area is 116 Å². The van der Waals surface area contributed by atoms with Crippen molar-refractivity contribution in [3.63, 3.8) is 0 Å². The third-order valence-electron chi connectivity index (χ3n) is 5.20. The fourth-order valence-electron chi connectivity index (χ4n) is 3.88. The molecule has 0 saturated carbocycles. The molecule has 1 atom stereocenters. The van der Waals surface area contributed by atoms with Crippen LogP contribution in [0.4, 0.5) is 0 Å². The maximum absolute atomic E-state index is 3.53. The van der Waals surface area contributed by atoms with Gasteiger partial charge in [0.15, 0.2) is 0 Å². The van der Waals surface area contributed by atoms with Crippen molar-refractivity contribution in [3.05, 3.63) is 0 Å². The summed E-state index contributed by atoms with van der Waals surface area (Å²) in [4.78, 5) is 5.50. The molecule has 0 aliphatic carbocycles. The third-order valence-corrected chi connectivity index (χ3v) is 6.35. The van der Waals surface area contributed by atoms with Crippen LogP contribution in [0.1, 0.15) is 25.7 Å². The van der Waals surface area contributed by atoms with Crippen molar-refractivity contribution >= 4 is 11.8 Å².